The summed E-state index contributed by atoms with van der Waals surface area (Å²) >= 11 is 1.31. The van der Waals surface area contributed by atoms with Crippen LogP contribution in [0.1, 0.15) is 38.2 Å². The number of nitrogens with one attached hydrogen (secondary N) is 1. The molecule has 0 aliphatic carbocycles. The van der Waals surface area contributed by atoms with Gasteiger partial charge in [0.05, 0.1) is 19.4 Å². The third kappa shape index (κ3) is 6.92. The lowest BCUT2D eigenvalue weighted by Crippen LogP contribution is -2.07. The Balaban J connectivity index is 1.56. The lowest BCUT2D eigenvalue weighted by atomic mass is 10.2. The molecule has 0 atom stereocenters. The fourth-order valence-corrected chi connectivity index (χ4v) is 3.74. The highest BCUT2D eigenvalue weighted by Gasteiger charge is 2.08. The Morgan fingerprint density at radius 3 is 2.69 bits per heavy atom. The number of hydrogen-bond acceptors (Lipinski definition) is 5. The number of hydrogen-bond donors (Lipinski definition) is 1. The van der Waals surface area contributed by atoms with Crippen LogP contribution in [0, 0.1) is 5.82 Å². The fourth-order valence-electron chi connectivity index (χ4n) is 3.02. The van der Waals surface area contributed by atoms with E-state index >= 15 is 0 Å². The number of benzene rings is 2. The standard InChI is InChI=1S/C25H27FN2O3S/c1-3-4-5-6-15-31-22-13-7-18(16-23(22)30-2)8-14-24(29)28-25-27-21(17-32-25)19-9-11-20(26)12-10-19/h7-14,16-17H,3-6,15H2,1-2H3,(H,27,28,29). The number of methoxy groups -OCH3 is 1. The van der Waals surface area contributed by atoms with Crippen LogP contribution in [0.3, 0.4) is 0 Å². The van der Waals surface area contributed by atoms with Gasteiger partial charge in [-0.1, -0.05) is 32.3 Å². The zero-order chi connectivity index (χ0) is 22.8. The summed E-state index contributed by atoms with van der Waals surface area (Å²) in [5.41, 5.74) is 2.30. The van der Waals surface area contributed by atoms with Crippen LogP contribution in [0.15, 0.2) is 53.9 Å². The summed E-state index contributed by atoms with van der Waals surface area (Å²) in [6.45, 7) is 2.83. The van der Waals surface area contributed by atoms with Crippen LogP contribution in [0.2, 0.25) is 0 Å². The molecule has 168 valence electrons. The van der Waals surface area contributed by atoms with E-state index in [2.05, 4.69) is 17.2 Å². The van der Waals surface area contributed by atoms with E-state index in [0.29, 0.717) is 28.9 Å². The van der Waals surface area contributed by atoms with Gasteiger partial charge in [0.2, 0.25) is 5.91 Å². The summed E-state index contributed by atoms with van der Waals surface area (Å²) in [6, 6.07) is 11.6. The second kappa shape index (κ2) is 12.0. The molecule has 0 radical (unpaired) electrons. The average molecular weight is 455 g/mol. The monoisotopic (exact) mass is 454 g/mol. The van der Waals surface area contributed by atoms with Crippen molar-refractivity contribution in [1.82, 2.24) is 4.98 Å². The average Bonchev–Trinajstić information content (AvgIpc) is 3.26. The molecule has 0 aliphatic rings. The van der Waals surface area contributed by atoms with Crippen molar-refractivity contribution < 1.29 is 18.7 Å². The summed E-state index contributed by atoms with van der Waals surface area (Å²) in [7, 11) is 1.60. The Morgan fingerprint density at radius 2 is 1.94 bits per heavy atom. The van der Waals surface area contributed by atoms with E-state index < -0.39 is 0 Å². The van der Waals surface area contributed by atoms with E-state index in [0.717, 1.165) is 24.0 Å². The number of halogens is 1. The number of amides is 1. The van der Waals surface area contributed by atoms with Gasteiger partial charge >= 0.3 is 0 Å². The SMILES string of the molecule is CCCCCCOc1ccc(C=CC(=O)Nc2nc(-c3ccc(F)cc3)cs2)cc1OC. The lowest BCUT2D eigenvalue weighted by molar-refractivity contribution is -0.111. The molecule has 5 nitrogen and oxygen atoms in total. The second-order valence-electron chi connectivity index (χ2n) is 7.19. The van der Waals surface area contributed by atoms with Crippen LogP contribution in [0.4, 0.5) is 9.52 Å². The Labute approximate surface area is 191 Å². The van der Waals surface area contributed by atoms with Crippen LogP contribution in [-0.4, -0.2) is 24.6 Å². The molecule has 0 unspecified atom stereocenters. The molecule has 1 aromatic heterocycles. The van der Waals surface area contributed by atoms with Crippen molar-refractivity contribution in [2.45, 2.75) is 32.6 Å². The maximum atomic E-state index is 13.1. The normalized spacial score (nSPS) is 11.0. The highest BCUT2D eigenvalue weighted by Crippen LogP contribution is 2.29. The van der Waals surface area contributed by atoms with Crippen LogP contribution >= 0.6 is 11.3 Å². The molecule has 0 saturated carbocycles. The first-order valence-electron chi connectivity index (χ1n) is 10.6. The quantitative estimate of drug-likeness (QED) is 0.263. The molecule has 1 amide bonds. The zero-order valence-corrected chi connectivity index (χ0v) is 19.1. The third-order valence-electron chi connectivity index (χ3n) is 4.74. The third-order valence-corrected chi connectivity index (χ3v) is 5.50. The van der Waals surface area contributed by atoms with Crippen molar-refractivity contribution >= 4 is 28.5 Å². The van der Waals surface area contributed by atoms with Gasteiger partial charge in [-0.25, -0.2) is 9.37 Å². The first-order chi connectivity index (χ1) is 15.6. The van der Waals surface area contributed by atoms with E-state index in [1.54, 1.807) is 25.3 Å². The van der Waals surface area contributed by atoms with Gasteiger partial charge in [-0.15, -0.1) is 11.3 Å². The molecular weight excluding hydrogens is 427 g/mol. The van der Waals surface area contributed by atoms with Crippen LogP contribution in [-0.2, 0) is 4.79 Å². The van der Waals surface area contributed by atoms with Gasteiger partial charge in [0.25, 0.3) is 0 Å². The number of carbonyl (C=O) groups is 1. The number of thiazole rings is 1. The minimum atomic E-state index is -0.300. The largest absolute Gasteiger partial charge is 0.493 e. The molecular formula is C25H27FN2O3S. The van der Waals surface area contributed by atoms with E-state index in [1.165, 1.54) is 42.4 Å². The Hall–Kier alpha value is -3.19. The molecule has 1 heterocycles. The summed E-state index contributed by atoms with van der Waals surface area (Å²) in [6.07, 6.45) is 7.71. The Morgan fingerprint density at radius 1 is 1.12 bits per heavy atom. The molecule has 0 aliphatic heterocycles. The Bertz CT molecular complexity index is 1050. The summed E-state index contributed by atoms with van der Waals surface area (Å²) in [4.78, 5) is 16.7. The molecule has 7 heteroatoms. The van der Waals surface area contributed by atoms with Gasteiger partial charge in [0, 0.05) is 17.0 Å². The van der Waals surface area contributed by atoms with Gasteiger partial charge in [-0.05, 0) is 54.5 Å². The van der Waals surface area contributed by atoms with E-state index in [9.17, 15) is 9.18 Å². The zero-order valence-electron chi connectivity index (χ0n) is 18.3. The topological polar surface area (TPSA) is 60.5 Å². The fraction of sp³-hybridized carbons (Fsp3) is 0.280. The number of ether oxygens (including phenoxy) is 2. The van der Waals surface area contributed by atoms with Crippen molar-refractivity contribution in [3.8, 4) is 22.8 Å². The first-order valence-corrected chi connectivity index (χ1v) is 11.5. The second-order valence-corrected chi connectivity index (χ2v) is 8.04. The molecule has 0 spiro atoms. The van der Waals surface area contributed by atoms with Gasteiger partial charge in [0.15, 0.2) is 16.6 Å². The smallest absolute Gasteiger partial charge is 0.250 e. The maximum absolute atomic E-state index is 13.1. The van der Waals surface area contributed by atoms with Crippen molar-refractivity contribution in [2.24, 2.45) is 0 Å². The van der Waals surface area contributed by atoms with Gasteiger partial charge in [-0.3, -0.25) is 10.1 Å². The number of carbonyl (C=O) groups excluding carboxylic acids is 1. The number of unbranched alkanes of at least 4 members (excludes halogenated alkanes) is 3. The van der Waals surface area contributed by atoms with E-state index in [4.69, 9.17) is 9.47 Å². The highest BCUT2D eigenvalue weighted by molar-refractivity contribution is 7.14. The van der Waals surface area contributed by atoms with Crippen molar-refractivity contribution in [3.63, 3.8) is 0 Å². The van der Waals surface area contributed by atoms with Crippen molar-refractivity contribution in [3.05, 3.63) is 65.3 Å². The van der Waals surface area contributed by atoms with Crippen molar-refractivity contribution in [2.75, 3.05) is 19.0 Å². The van der Waals surface area contributed by atoms with Gasteiger partial charge in [0.1, 0.15) is 5.82 Å². The predicted molar refractivity (Wildman–Crippen MR) is 128 cm³/mol. The molecule has 0 bridgehead atoms. The molecule has 0 fully saturated rings. The summed E-state index contributed by atoms with van der Waals surface area (Å²) in [5.74, 6) is 0.736. The number of rotatable bonds is 11. The number of anilines is 1. The molecule has 2 aromatic carbocycles. The maximum Gasteiger partial charge on any atom is 0.250 e. The van der Waals surface area contributed by atoms with Crippen LogP contribution < -0.4 is 14.8 Å². The molecule has 3 aromatic rings. The highest BCUT2D eigenvalue weighted by atomic mass is 32.1. The van der Waals surface area contributed by atoms with Gasteiger partial charge in [-0.2, -0.15) is 0 Å². The number of aromatic nitrogens is 1. The minimum absolute atomic E-state index is 0.291. The van der Waals surface area contributed by atoms with Crippen molar-refractivity contribution in [1.29, 1.82) is 0 Å². The van der Waals surface area contributed by atoms with Gasteiger partial charge < -0.3 is 9.47 Å². The lowest BCUT2D eigenvalue weighted by Gasteiger charge is -2.11. The molecule has 1 N–H and O–H groups in total. The molecule has 0 saturated heterocycles. The summed E-state index contributed by atoms with van der Waals surface area (Å²) in [5, 5.41) is 5.04. The van der Waals surface area contributed by atoms with Crippen LogP contribution in [0.5, 0.6) is 11.5 Å². The van der Waals surface area contributed by atoms with Crippen LogP contribution in [0.25, 0.3) is 17.3 Å². The first kappa shape index (κ1) is 23.5. The molecule has 32 heavy (non-hydrogen) atoms. The van der Waals surface area contributed by atoms with E-state index in [-0.39, 0.29) is 11.7 Å². The molecule has 3 rings (SSSR count). The van der Waals surface area contributed by atoms with E-state index in [1.807, 2.05) is 23.6 Å². The Kier molecular flexibility index (Phi) is 8.80. The summed E-state index contributed by atoms with van der Waals surface area (Å²) < 4.78 is 24.3. The predicted octanol–water partition coefficient (Wildman–Crippen LogP) is 6.57. The number of nitrogens with zero attached hydrogens (tertiary/aromatic N) is 1. The minimum Gasteiger partial charge on any atom is -0.493 e.